The van der Waals surface area contributed by atoms with Gasteiger partial charge in [0.1, 0.15) is 17.3 Å². The molecule has 0 radical (unpaired) electrons. The topological polar surface area (TPSA) is 97.4 Å². The molecule has 1 N–H and O–H groups in total. The normalized spacial score (nSPS) is 22.5. The minimum absolute atomic E-state index is 0.0552. The van der Waals surface area contributed by atoms with Crippen LogP contribution in [0.4, 0.5) is 10.1 Å². The molecular formula is C28H25Cl2FN4O4. The molecule has 2 aromatic heterocycles. The second-order valence-corrected chi connectivity index (χ2v) is 11.4. The maximum Gasteiger partial charge on any atom is 0.439 e. The Morgan fingerprint density at radius 3 is 2.41 bits per heavy atom. The number of nitrogens with zero attached hydrogens (tertiary/aromatic N) is 3. The lowest BCUT2D eigenvalue weighted by molar-refractivity contribution is 0.0147. The zero-order valence-corrected chi connectivity index (χ0v) is 22.3. The van der Waals surface area contributed by atoms with Crippen molar-refractivity contribution < 1.29 is 18.2 Å². The molecule has 1 aliphatic carbocycles. The first-order valence-electron chi connectivity index (χ1n) is 13.1. The van der Waals surface area contributed by atoms with Crippen LogP contribution < -0.4 is 10.7 Å². The summed E-state index contributed by atoms with van der Waals surface area (Å²) in [7, 11) is 0. The summed E-state index contributed by atoms with van der Waals surface area (Å²) >= 11 is 13.0. The van der Waals surface area contributed by atoms with Gasteiger partial charge in [0.2, 0.25) is 0 Å². The van der Waals surface area contributed by atoms with Gasteiger partial charge in [0, 0.05) is 34.8 Å². The van der Waals surface area contributed by atoms with Crippen molar-refractivity contribution in [1.29, 1.82) is 0 Å². The lowest BCUT2D eigenvalue weighted by Gasteiger charge is -2.40. The molecule has 3 aliphatic rings. The molecule has 2 saturated heterocycles. The number of rotatable bonds is 7. The Morgan fingerprint density at radius 2 is 1.77 bits per heavy atom. The second-order valence-electron chi connectivity index (χ2n) is 10.5. The third-order valence-electron chi connectivity index (χ3n) is 8.07. The average Bonchev–Trinajstić information content (AvgIpc) is 3.44. The van der Waals surface area contributed by atoms with Crippen molar-refractivity contribution in [3.05, 3.63) is 74.1 Å². The smallest absolute Gasteiger partial charge is 0.373 e. The quantitative estimate of drug-likeness (QED) is 0.263. The average molecular weight is 571 g/mol. The molecule has 1 unspecified atom stereocenters. The van der Waals surface area contributed by atoms with Gasteiger partial charge in [-0.3, -0.25) is 9.51 Å². The lowest BCUT2D eigenvalue weighted by atomic mass is 9.98. The summed E-state index contributed by atoms with van der Waals surface area (Å²) in [6.45, 7) is 0.371. The number of aromatic amines is 1. The maximum absolute atomic E-state index is 15.0. The van der Waals surface area contributed by atoms with E-state index < -0.39 is 11.6 Å². The maximum atomic E-state index is 15.0. The van der Waals surface area contributed by atoms with Gasteiger partial charge >= 0.3 is 5.76 Å². The van der Waals surface area contributed by atoms with E-state index in [1.165, 1.54) is 6.07 Å². The van der Waals surface area contributed by atoms with Crippen molar-refractivity contribution in [1.82, 2.24) is 15.3 Å². The van der Waals surface area contributed by atoms with Crippen LogP contribution in [0.5, 0.6) is 0 Å². The minimum atomic E-state index is -0.717. The zero-order valence-electron chi connectivity index (χ0n) is 20.8. The fraction of sp³-hybridized carbons (Fsp3) is 0.393. The number of fused-ring (bicyclic) bond motifs is 2. The van der Waals surface area contributed by atoms with Gasteiger partial charge in [-0.05, 0) is 68.9 Å². The van der Waals surface area contributed by atoms with Crippen LogP contribution in [0.3, 0.4) is 0 Å². The van der Waals surface area contributed by atoms with Crippen molar-refractivity contribution in [3.8, 4) is 22.6 Å². The van der Waals surface area contributed by atoms with Gasteiger partial charge in [-0.2, -0.15) is 0 Å². The lowest BCUT2D eigenvalue weighted by Crippen LogP contribution is -2.45. The van der Waals surface area contributed by atoms with E-state index in [1.54, 1.807) is 18.2 Å². The number of ether oxygens (including phenoxy) is 1. The van der Waals surface area contributed by atoms with Crippen molar-refractivity contribution in [2.45, 2.75) is 69.2 Å². The minimum Gasteiger partial charge on any atom is -0.373 e. The van der Waals surface area contributed by atoms with Gasteiger partial charge < -0.3 is 14.2 Å². The molecule has 2 aliphatic heterocycles. The van der Waals surface area contributed by atoms with Crippen LogP contribution in [0.2, 0.25) is 10.0 Å². The predicted octanol–water partition coefficient (Wildman–Crippen LogP) is 6.72. The summed E-state index contributed by atoms with van der Waals surface area (Å²) in [5.41, 5.74) is 3.26. The predicted molar refractivity (Wildman–Crippen MR) is 144 cm³/mol. The number of aromatic nitrogens is 3. The van der Waals surface area contributed by atoms with Gasteiger partial charge in [-0.15, -0.1) is 0 Å². The summed E-state index contributed by atoms with van der Waals surface area (Å²) in [5.74, 6) is 0.130. The van der Waals surface area contributed by atoms with Crippen LogP contribution in [0.25, 0.3) is 22.6 Å². The molecular weight excluding hydrogens is 546 g/mol. The zero-order chi connectivity index (χ0) is 26.7. The SMILES string of the molecule is O=c1[nH]c(-c2ccc(N3[C@@H]4CC[C@H]3CC(OCc3c(-c5c(Cl)cccc5Cl)noc3C3CC3)C4)cc2F)no1. The molecule has 0 spiro atoms. The van der Waals surface area contributed by atoms with Crippen LogP contribution in [-0.4, -0.2) is 33.5 Å². The molecule has 0 amide bonds. The third-order valence-corrected chi connectivity index (χ3v) is 8.70. The van der Waals surface area contributed by atoms with Crippen LogP contribution in [-0.2, 0) is 11.3 Å². The first kappa shape index (κ1) is 24.9. The van der Waals surface area contributed by atoms with Crippen LogP contribution in [0.1, 0.15) is 55.8 Å². The Balaban J connectivity index is 1.08. The van der Waals surface area contributed by atoms with Gasteiger partial charge in [0.15, 0.2) is 5.82 Å². The first-order valence-corrected chi connectivity index (χ1v) is 13.9. The monoisotopic (exact) mass is 570 g/mol. The molecule has 3 fully saturated rings. The van der Waals surface area contributed by atoms with E-state index in [-0.39, 0.29) is 29.6 Å². The molecule has 39 heavy (non-hydrogen) atoms. The molecule has 1 saturated carbocycles. The van der Waals surface area contributed by atoms with E-state index in [1.807, 2.05) is 12.1 Å². The first-order chi connectivity index (χ1) is 19.0. The van der Waals surface area contributed by atoms with Crippen molar-refractivity contribution >= 4 is 28.9 Å². The Morgan fingerprint density at radius 1 is 1.03 bits per heavy atom. The highest BCUT2D eigenvalue weighted by molar-refractivity contribution is 6.39. The molecule has 4 aromatic rings. The Labute approximate surface area is 233 Å². The number of anilines is 1. The summed E-state index contributed by atoms with van der Waals surface area (Å²) in [6.07, 6.45) is 5.91. The fourth-order valence-corrected chi connectivity index (χ4v) is 6.71. The standard InChI is InChI=1S/C28H25Cl2FN4O4/c29-21-2-1-3-22(30)24(21)25-20(26(38-33-25)14-4-5-14)13-37-18-10-15-6-7-16(11-18)35(15)17-8-9-19(23(31)12-17)27-32-28(36)39-34-27/h1-3,8-9,12,14-16,18H,4-7,10-11,13H2,(H,32,34,36)/t15-,16+,18?. The second kappa shape index (κ2) is 9.80. The molecule has 2 aromatic carbocycles. The number of H-pyrrole nitrogens is 1. The van der Waals surface area contributed by atoms with Crippen molar-refractivity contribution in [2.75, 3.05) is 4.90 Å². The van der Waals surface area contributed by atoms with Gasteiger partial charge in [0.25, 0.3) is 0 Å². The van der Waals surface area contributed by atoms with E-state index in [4.69, 9.17) is 32.5 Å². The number of halogens is 3. The van der Waals surface area contributed by atoms with Crippen LogP contribution in [0.15, 0.2) is 50.2 Å². The summed E-state index contributed by atoms with van der Waals surface area (Å²) in [4.78, 5) is 16.0. The van der Waals surface area contributed by atoms with Crippen molar-refractivity contribution in [3.63, 3.8) is 0 Å². The van der Waals surface area contributed by atoms with Crippen LogP contribution in [0, 0.1) is 5.82 Å². The van der Waals surface area contributed by atoms with Crippen molar-refractivity contribution in [2.24, 2.45) is 0 Å². The van der Waals surface area contributed by atoms with E-state index in [2.05, 4.69) is 24.7 Å². The largest absolute Gasteiger partial charge is 0.439 e. The van der Waals surface area contributed by atoms with Gasteiger partial charge in [-0.1, -0.05) is 39.6 Å². The number of hydrogen-bond acceptors (Lipinski definition) is 7. The molecule has 3 atom stereocenters. The summed E-state index contributed by atoms with van der Waals surface area (Å²) in [6, 6.07) is 10.9. The Bertz CT molecular complexity index is 1560. The Hall–Kier alpha value is -3.14. The Kier molecular flexibility index (Phi) is 6.25. The number of nitrogens with one attached hydrogen (secondary N) is 1. The molecule has 2 bridgehead atoms. The molecule has 4 heterocycles. The van der Waals surface area contributed by atoms with Gasteiger partial charge in [0.05, 0.1) is 28.3 Å². The highest BCUT2D eigenvalue weighted by Crippen LogP contribution is 2.47. The van der Waals surface area contributed by atoms with E-state index in [0.29, 0.717) is 33.8 Å². The summed E-state index contributed by atoms with van der Waals surface area (Å²) < 4.78 is 31.8. The van der Waals surface area contributed by atoms with E-state index >= 15 is 0 Å². The molecule has 7 rings (SSSR count). The number of piperidine rings is 1. The molecule has 8 nitrogen and oxygen atoms in total. The molecule has 202 valence electrons. The highest BCUT2D eigenvalue weighted by atomic mass is 35.5. The third kappa shape index (κ3) is 4.56. The molecule has 11 heteroatoms. The summed E-state index contributed by atoms with van der Waals surface area (Å²) in [5, 5.41) is 9.02. The number of benzene rings is 2. The van der Waals surface area contributed by atoms with E-state index in [0.717, 1.165) is 55.5 Å². The number of hydrogen-bond donors (Lipinski definition) is 1. The van der Waals surface area contributed by atoms with E-state index in [9.17, 15) is 9.18 Å². The fourth-order valence-electron chi connectivity index (χ4n) is 6.14. The van der Waals surface area contributed by atoms with Gasteiger partial charge in [-0.25, -0.2) is 9.18 Å². The van der Waals surface area contributed by atoms with Crippen LogP contribution >= 0.6 is 23.2 Å². The highest BCUT2D eigenvalue weighted by Gasteiger charge is 2.42.